The second-order valence-electron chi connectivity index (χ2n) is 2.23. The highest BCUT2D eigenvalue weighted by molar-refractivity contribution is 7.85. The lowest BCUT2D eigenvalue weighted by atomic mass is 10.3. The maximum atomic E-state index is 10.5. The van der Waals surface area contributed by atoms with Gasteiger partial charge in [-0.2, -0.15) is 8.42 Å². The van der Waals surface area contributed by atoms with Crippen LogP contribution in [0.15, 0.2) is 29.2 Å². The van der Waals surface area contributed by atoms with Crippen LogP contribution in [0.1, 0.15) is 0 Å². The van der Waals surface area contributed by atoms with Crippen LogP contribution < -0.4 is 0 Å². The number of hydrogen-bond donors (Lipinski definition) is 1. The minimum absolute atomic E-state index is 0. The molecule has 0 spiro atoms. The molecular weight excluding hydrogens is 217 g/mol. The standard InChI is InChI=1S/C6H5NO5S.FH/c8-7(9)5-1-3-6(4-2-5)13(10,11)12;/h1-4H,(H,10,11,12);1H. The second-order valence-corrected chi connectivity index (χ2v) is 3.65. The summed E-state index contributed by atoms with van der Waals surface area (Å²) < 4.78 is 29.5. The van der Waals surface area contributed by atoms with Crippen LogP contribution in [-0.4, -0.2) is 17.9 Å². The Kier molecular flexibility index (Phi) is 3.66. The zero-order chi connectivity index (χ0) is 10.1. The number of hydrogen-bond acceptors (Lipinski definition) is 4. The number of halogens is 1. The molecule has 1 N–H and O–H groups in total. The predicted molar refractivity (Wildman–Crippen MR) is 45.4 cm³/mol. The van der Waals surface area contributed by atoms with Gasteiger partial charge < -0.3 is 0 Å². The van der Waals surface area contributed by atoms with Gasteiger partial charge in [-0.15, -0.1) is 0 Å². The Bertz CT molecular complexity index is 426. The van der Waals surface area contributed by atoms with Crippen LogP contribution in [0.5, 0.6) is 0 Å². The first-order chi connectivity index (χ1) is 5.91. The molecule has 0 aliphatic rings. The van der Waals surface area contributed by atoms with E-state index in [2.05, 4.69) is 0 Å². The molecule has 0 atom stereocenters. The van der Waals surface area contributed by atoms with E-state index in [0.717, 1.165) is 24.3 Å². The molecule has 0 amide bonds. The fourth-order valence-electron chi connectivity index (χ4n) is 0.740. The lowest BCUT2D eigenvalue weighted by Gasteiger charge is -1.94. The maximum Gasteiger partial charge on any atom is 0.294 e. The second kappa shape index (κ2) is 4.11. The highest BCUT2D eigenvalue weighted by atomic mass is 32.2. The Hall–Kier alpha value is -1.54. The normalized spacial score (nSPS) is 10.4. The van der Waals surface area contributed by atoms with Crippen molar-refractivity contribution in [1.82, 2.24) is 0 Å². The molecular formula is C6H6FNO5S. The van der Waals surface area contributed by atoms with E-state index >= 15 is 0 Å². The fourth-order valence-corrected chi connectivity index (χ4v) is 1.22. The van der Waals surface area contributed by atoms with Crippen LogP contribution in [0.2, 0.25) is 0 Å². The average Bonchev–Trinajstić information content (AvgIpc) is 2.03. The Balaban J connectivity index is 0.00000169. The van der Waals surface area contributed by atoms with Gasteiger partial charge in [0.25, 0.3) is 15.8 Å². The summed E-state index contributed by atoms with van der Waals surface area (Å²) in [5.41, 5.74) is -0.229. The molecule has 1 rings (SSSR count). The Morgan fingerprint density at radius 1 is 1.21 bits per heavy atom. The van der Waals surface area contributed by atoms with Crippen molar-refractivity contribution in [3.63, 3.8) is 0 Å². The van der Waals surface area contributed by atoms with E-state index in [1.165, 1.54) is 0 Å². The van der Waals surface area contributed by atoms with Gasteiger partial charge in [-0.05, 0) is 12.1 Å². The molecule has 0 heterocycles. The van der Waals surface area contributed by atoms with Crippen LogP contribution in [-0.2, 0) is 10.1 Å². The van der Waals surface area contributed by atoms with Crippen LogP contribution >= 0.6 is 0 Å². The zero-order valence-corrected chi connectivity index (χ0v) is 7.47. The van der Waals surface area contributed by atoms with Gasteiger partial charge in [-0.1, -0.05) is 0 Å². The van der Waals surface area contributed by atoms with Crippen LogP contribution in [0, 0.1) is 10.1 Å². The smallest absolute Gasteiger partial charge is 0.282 e. The van der Waals surface area contributed by atoms with Gasteiger partial charge >= 0.3 is 0 Å². The largest absolute Gasteiger partial charge is 0.294 e. The van der Waals surface area contributed by atoms with Gasteiger partial charge in [0.15, 0.2) is 0 Å². The molecule has 0 fully saturated rings. The third-order valence-electron chi connectivity index (χ3n) is 1.35. The summed E-state index contributed by atoms with van der Waals surface area (Å²) in [4.78, 5) is 9.13. The van der Waals surface area contributed by atoms with Gasteiger partial charge in [0.1, 0.15) is 0 Å². The molecule has 0 aliphatic heterocycles. The van der Waals surface area contributed by atoms with Crippen molar-refractivity contribution in [1.29, 1.82) is 0 Å². The molecule has 1 aromatic rings. The van der Waals surface area contributed by atoms with E-state index in [0.29, 0.717) is 0 Å². The molecule has 0 saturated heterocycles. The number of nitro benzene ring substituents is 1. The molecule has 0 saturated carbocycles. The molecule has 8 heteroatoms. The molecule has 0 aromatic heterocycles. The minimum atomic E-state index is -4.27. The monoisotopic (exact) mass is 223 g/mol. The highest BCUT2D eigenvalue weighted by Crippen LogP contribution is 2.14. The first-order valence-corrected chi connectivity index (χ1v) is 4.57. The highest BCUT2D eigenvalue weighted by Gasteiger charge is 2.11. The van der Waals surface area contributed by atoms with Crippen molar-refractivity contribution in [2.24, 2.45) is 0 Å². The lowest BCUT2D eigenvalue weighted by molar-refractivity contribution is -0.384. The van der Waals surface area contributed by atoms with E-state index in [4.69, 9.17) is 4.55 Å². The van der Waals surface area contributed by atoms with Crippen molar-refractivity contribution in [2.75, 3.05) is 0 Å². The van der Waals surface area contributed by atoms with Crippen LogP contribution in [0.3, 0.4) is 0 Å². The SMILES string of the molecule is F.O=[N+]([O-])c1ccc(S(=O)(=O)O)cc1. The first kappa shape index (κ1) is 12.5. The van der Waals surface area contributed by atoms with Crippen molar-refractivity contribution in [3.8, 4) is 0 Å². The summed E-state index contributed by atoms with van der Waals surface area (Å²) in [5.74, 6) is 0. The van der Waals surface area contributed by atoms with Crippen LogP contribution in [0.4, 0.5) is 10.4 Å². The molecule has 0 bridgehead atoms. The summed E-state index contributed by atoms with van der Waals surface area (Å²) in [5, 5.41) is 10.2. The van der Waals surface area contributed by atoms with Crippen molar-refractivity contribution < 1.29 is 22.6 Å². The molecule has 0 unspecified atom stereocenters. The molecule has 0 aliphatic carbocycles. The molecule has 6 nitrogen and oxygen atoms in total. The molecule has 1 aromatic carbocycles. The summed E-state index contributed by atoms with van der Waals surface area (Å²) in [6, 6.07) is 3.94. The number of non-ortho nitro benzene ring substituents is 1. The van der Waals surface area contributed by atoms with E-state index in [9.17, 15) is 18.5 Å². The molecule has 0 radical (unpaired) electrons. The topological polar surface area (TPSA) is 97.5 Å². The van der Waals surface area contributed by atoms with Gasteiger partial charge in [0, 0.05) is 12.1 Å². The van der Waals surface area contributed by atoms with E-state index in [1.54, 1.807) is 0 Å². The Morgan fingerprint density at radius 3 is 1.93 bits per heavy atom. The van der Waals surface area contributed by atoms with E-state index in [1.807, 2.05) is 0 Å². The number of rotatable bonds is 2. The minimum Gasteiger partial charge on any atom is -0.282 e. The van der Waals surface area contributed by atoms with Crippen molar-refractivity contribution >= 4 is 15.8 Å². The van der Waals surface area contributed by atoms with Crippen LogP contribution in [0.25, 0.3) is 0 Å². The van der Waals surface area contributed by atoms with Gasteiger partial charge in [0.2, 0.25) is 0 Å². The van der Waals surface area contributed by atoms with Gasteiger partial charge in [-0.3, -0.25) is 19.4 Å². The average molecular weight is 223 g/mol. The summed E-state index contributed by atoms with van der Waals surface area (Å²) in [6.07, 6.45) is 0. The quantitative estimate of drug-likeness (QED) is 0.458. The lowest BCUT2D eigenvalue weighted by Crippen LogP contribution is -1.97. The fraction of sp³-hybridized carbons (Fsp3) is 0. The van der Waals surface area contributed by atoms with Crippen molar-refractivity contribution in [2.45, 2.75) is 4.90 Å². The number of benzene rings is 1. The summed E-state index contributed by atoms with van der Waals surface area (Å²) in [7, 11) is -4.27. The van der Waals surface area contributed by atoms with Gasteiger partial charge in [0.05, 0.1) is 9.82 Å². The molecule has 14 heavy (non-hydrogen) atoms. The maximum absolute atomic E-state index is 10.5. The zero-order valence-electron chi connectivity index (χ0n) is 6.65. The third-order valence-corrected chi connectivity index (χ3v) is 2.21. The van der Waals surface area contributed by atoms with Gasteiger partial charge in [-0.25, -0.2) is 0 Å². The van der Waals surface area contributed by atoms with E-state index in [-0.39, 0.29) is 15.3 Å². The van der Waals surface area contributed by atoms with Crippen molar-refractivity contribution in [3.05, 3.63) is 34.4 Å². The predicted octanol–water partition coefficient (Wildman–Crippen LogP) is 0.994. The van der Waals surface area contributed by atoms with E-state index < -0.39 is 15.0 Å². The summed E-state index contributed by atoms with van der Waals surface area (Å²) in [6.45, 7) is 0. The number of nitrogens with zero attached hydrogens (tertiary/aromatic N) is 1. The first-order valence-electron chi connectivity index (χ1n) is 3.13. The Labute approximate surface area is 78.4 Å². The summed E-state index contributed by atoms with van der Waals surface area (Å²) >= 11 is 0. The molecule has 78 valence electrons. The Morgan fingerprint density at radius 2 is 1.64 bits per heavy atom. The number of nitro groups is 1. The third kappa shape index (κ3) is 2.75.